The molecular weight excluding hydrogens is 180 g/mol. The molecule has 0 saturated carbocycles. The minimum Gasteiger partial charge on any atom is -0.394 e. The van der Waals surface area contributed by atoms with Gasteiger partial charge in [-0.2, -0.15) is 0 Å². The van der Waals surface area contributed by atoms with Crippen LogP contribution in [0.1, 0.15) is 13.8 Å². The van der Waals surface area contributed by atoms with Crippen molar-refractivity contribution in [1.82, 2.24) is 0 Å². The van der Waals surface area contributed by atoms with Gasteiger partial charge >= 0.3 is 9.05 Å². The van der Waals surface area contributed by atoms with Crippen LogP contribution in [0, 0.1) is 0 Å². The first-order chi connectivity index (χ1) is 5.29. The van der Waals surface area contributed by atoms with Crippen molar-refractivity contribution >= 4 is 9.05 Å². The molecule has 0 aliphatic rings. The van der Waals surface area contributed by atoms with Gasteiger partial charge in [-0.05, 0) is 13.8 Å². The van der Waals surface area contributed by atoms with E-state index in [1.165, 1.54) is 6.08 Å². The molecule has 0 aromatic carbocycles. The quantitative estimate of drug-likeness (QED) is 0.343. The van der Waals surface area contributed by atoms with E-state index in [9.17, 15) is 0 Å². The average molecular weight is 196 g/mol. The van der Waals surface area contributed by atoms with Crippen LogP contribution in [0.2, 0.25) is 0 Å². The number of hydrogen-bond acceptors (Lipinski definition) is 5. The van der Waals surface area contributed by atoms with E-state index in [2.05, 4.69) is 11.0 Å². The highest BCUT2D eigenvalue weighted by atomic mass is 28.4. The smallest absolute Gasteiger partial charge is 0.394 e. The fourth-order valence-corrected chi connectivity index (χ4v) is 0.512. The molecule has 0 fully saturated rings. The van der Waals surface area contributed by atoms with Crippen molar-refractivity contribution in [3.05, 3.63) is 12.7 Å². The fraction of sp³-hybridized carbons (Fsp3) is 0.667. The highest BCUT2D eigenvalue weighted by Crippen LogP contribution is 1.86. The lowest BCUT2D eigenvalue weighted by Crippen LogP contribution is -2.38. The second kappa shape index (κ2) is 7.41. The molecule has 5 nitrogen and oxygen atoms in total. The monoisotopic (exact) mass is 196 g/mol. The van der Waals surface area contributed by atoms with Crippen LogP contribution in [0.4, 0.5) is 0 Å². The zero-order chi connectivity index (χ0) is 10.2. The van der Waals surface area contributed by atoms with Gasteiger partial charge in [0.2, 0.25) is 0 Å². The van der Waals surface area contributed by atoms with Gasteiger partial charge in [0.25, 0.3) is 0 Å². The molecule has 0 heterocycles. The Morgan fingerprint density at radius 3 is 1.83 bits per heavy atom. The average Bonchev–Trinajstić information content (AvgIpc) is 1.80. The van der Waals surface area contributed by atoms with Gasteiger partial charge in [0.05, 0.1) is 6.61 Å². The highest BCUT2D eigenvalue weighted by molar-refractivity contribution is 6.48. The zero-order valence-electron chi connectivity index (χ0n) is 7.27. The van der Waals surface area contributed by atoms with Crippen LogP contribution in [0.15, 0.2) is 12.7 Å². The first-order valence-electron chi connectivity index (χ1n) is 3.39. The summed E-state index contributed by atoms with van der Waals surface area (Å²) in [5.41, 5.74) is 0. The topological polar surface area (TPSA) is 90.2 Å². The molecule has 0 aliphatic carbocycles. The summed E-state index contributed by atoms with van der Waals surface area (Å²) in [6.07, 6.45) is 1.14. The van der Waals surface area contributed by atoms with Gasteiger partial charge in [0, 0.05) is 6.10 Å². The Morgan fingerprint density at radius 2 is 1.75 bits per heavy atom. The predicted octanol–water partition coefficient (Wildman–Crippen LogP) is -1.01. The van der Waals surface area contributed by atoms with Gasteiger partial charge in [0.1, 0.15) is 0 Å². The standard InChI is InChI=1S/C3H8O4Si.C3H8O/c1-2-3-7-8(4,5)6;1-3(2)4/h2,4-6H,1,3H2;3-4H,1-2H3. The van der Waals surface area contributed by atoms with Crippen LogP contribution in [0.5, 0.6) is 0 Å². The minimum atomic E-state index is -4.25. The molecule has 0 aromatic rings. The van der Waals surface area contributed by atoms with Crippen LogP contribution < -0.4 is 0 Å². The minimum absolute atomic E-state index is 0.0459. The van der Waals surface area contributed by atoms with Crippen LogP contribution >= 0.6 is 0 Å². The lowest BCUT2D eigenvalue weighted by molar-refractivity contribution is 0.0746. The van der Waals surface area contributed by atoms with E-state index in [0.29, 0.717) is 0 Å². The zero-order valence-corrected chi connectivity index (χ0v) is 8.27. The molecule has 4 N–H and O–H groups in total. The first-order valence-corrected chi connectivity index (χ1v) is 5.14. The SMILES string of the molecule is C=CCO[Si](O)(O)O.CC(C)O. The number of hydrogen-bond donors (Lipinski definition) is 4. The molecule has 0 radical (unpaired) electrons. The Labute approximate surface area is 73.0 Å². The maximum atomic E-state index is 8.13. The Kier molecular flexibility index (Phi) is 8.82. The molecule has 0 atom stereocenters. The second-order valence-corrected chi connectivity index (χ2v) is 3.70. The van der Waals surface area contributed by atoms with Crippen molar-refractivity contribution in [2.75, 3.05) is 6.61 Å². The summed E-state index contributed by atoms with van der Waals surface area (Å²) in [7, 11) is -4.25. The molecule has 0 aliphatic heterocycles. The normalized spacial score (nSPS) is 10.6. The van der Waals surface area contributed by atoms with E-state index >= 15 is 0 Å². The van der Waals surface area contributed by atoms with E-state index < -0.39 is 9.05 Å². The molecule has 0 unspecified atom stereocenters. The van der Waals surface area contributed by atoms with Crippen molar-refractivity contribution in [2.24, 2.45) is 0 Å². The number of rotatable bonds is 3. The Hall–Kier alpha value is -0.243. The maximum Gasteiger partial charge on any atom is 0.671 e. The molecule has 74 valence electrons. The maximum absolute atomic E-state index is 8.13. The van der Waals surface area contributed by atoms with Gasteiger partial charge in [-0.15, -0.1) is 6.58 Å². The third-order valence-corrected chi connectivity index (χ3v) is 0.949. The summed E-state index contributed by atoms with van der Waals surface area (Å²) < 4.78 is 4.07. The van der Waals surface area contributed by atoms with Gasteiger partial charge in [-0.1, -0.05) is 6.08 Å². The van der Waals surface area contributed by atoms with E-state index in [1.807, 2.05) is 0 Å². The Balaban J connectivity index is 0. The lowest BCUT2D eigenvalue weighted by Gasteiger charge is -2.05. The lowest BCUT2D eigenvalue weighted by atomic mass is 10.5. The number of aliphatic hydroxyl groups is 1. The van der Waals surface area contributed by atoms with Crippen LogP contribution in [-0.2, 0) is 4.43 Å². The van der Waals surface area contributed by atoms with Gasteiger partial charge < -0.3 is 23.9 Å². The molecule has 12 heavy (non-hydrogen) atoms. The highest BCUT2D eigenvalue weighted by Gasteiger charge is 2.29. The van der Waals surface area contributed by atoms with E-state index in [-0.39, 0.29) is 12.7 Å². The molecule has 0 saturated heterocycles. The van der Waals surface area contributed by atoms with Crippen LogP contribution in [0.3, 0.4) is 0 Å². The van der Waals surface area contributed by atoms with E-state index in [0.717, 1.165) is 0 Å². The van der Waals surface area contributed by atoms with E-state index in [1.54, 1.807) is 13.8 Å². The molecule has 0 amide bonds. The number of aliphatic hydroxyl groups excluding tert-OH is 1. The molecule has 6 heteroatoms. The largest absolute Gasteiger partial charge is 0.671 e. The van der Waals surface area contributed by atoms with Gasteiger partial charge in [-0.25, -0.2) is 0 Å². The molecule has 0 spiro atoms. The molecule has 0 aromatic heterocycles. The third kappa shape index (κ3) is 33.1. The predicted molar refractivity (Wildman–Crippen MR) is 45.9 cm³/mol. The molecule has 0 bridgehead atoms. The van der Waals surface area contributed by atoms with Crippen molar-refractivity contribution < 1.29 is 23.9 Å². The van der Waals surface area contributed by atoms with Crippen molar-refractivity contribution in [3.8, 4) is 0 Å². The summed E-state index contributed by atoms with van der Waals surface area (Å²) >= 11 is 0. The van der Waals surface area contributed by atoms with Crippen molar-refractivity contribution in [2.45, 2.75) is 20.0 Å². The summed E-state index contributed by atoms with van der Waals surface area (Å²) in [4.78, 5) is 24.4. The second-order valence-electron chi connectivity index (χ2n) is 2.27. The fourth-order valence-electron chi connectivity index (χ4n) is 0.171. The van der Waals surface area contributed by atoms with Crippen molar-refractivity contribution in [1.29, 1.82) is 0 Å². The first kappa shape index (κ1) is 14.3. The summed E-state index contributed by atoms with van der Waals surface area (Å²) in [6, 6.07) is 0. The van der Waals surface area contributed by atoms with Gasteiger partial charge in [0.15, 0.2) is 0 Å². The van der Waals surface area contributed by atoms with E-state index in [4.69, 9.17) is 19.5 Å². The summed E-state index contributed by atoms with van der Waals surface area (Å²) in [5, 5.41) is 8.06. The molecule has 0 rings (SSSR count). The van der Waals surface area contributed by atoms with Crippen LogP contribution in [-0.4, -0.2) is 41.3 Å². The Morgan fingerprint density at radius 1 is 1.42 bits per heavy atom. The third-order valence-electron chi connectivity index (χ3n) is 0.395. The van der Waals surface area contributed by atoms with Crippen LogP contribution in [0.25, 0.3) is 0 Å². The summed E-state index contributed by atoms with van der Waals surface area (Å²) in [5.74, 6) is 0. The Bertz CT molecular complexity index is 106. The van der Waals surface area contributed by atoms with Gasteiger partial charge in [-0.3, -0.25) is 0 Å². The van der Waals surface area contributed by atoms with Crippen molar-refractivity contribution in [3.63, 3.8) is 0 Å². The summed E-state index contributed by atoms with van der Waals surface area (Å²) in [6.45, 7) is 6.63. The molecular formula is C6H16O5Si.